The molecule has 3 aliphatic carbocycles. The van der Waals surface area contributed by atoms with Gasteiger partial charge in [0, 0.05) is 44.0 Å². The molecule has 3 nitrogen and oxygen atoms in total. The standard InChI is InChI=1S/C55H40N2O/c1-33-24-28-51-47(30-33)55(46-21-11-18-41-39-14-5-9-23-49(39)57(51)53(41)46)44-19-7-4-16-42(44)54(58)52-38(17-10-20-45(52)55)36-26-29-50-43(32-36)40-15-6-8-22-48(40)56(50)37-27-25-34-12-2-3-13-35(34)31-37/h2-25,27-29,31-33,36,54,58H,26,30H2,1H3. The van der Waals surface area contributed by atoms with E-state index in [1.165, 1.54) is 93.3 Å². The molecule has 7 aromatic carbocycles. The SMILES string of the molecule is CC1C=CC2=C(C1)C1(c3ccccc3C(O)c3c(C4C=c5c(n(-c6ccc7ccccc7c6)c6ccccc56)=CC4)cccc31)c1cccc3c4ccccc4n2c13. The minimum Gasteiger partial charge on any atom is -0.384 e. The first kappa shape index (κ1) is 32.4. The van der Waals surface area contributed by atoms with Gasteiger partial charge in [0.15, 0.2) is 0 Å². The molecule has 0 bridgehead atoms. The van der Waals surface area contributed by atoms with E-state index in [1.54, 1.807) is 0 Å². The van der Waals surface area contributed by atoms with Crippen molar-refractivity contribution in [2.45, 2.75) is 37.2 Å². The summed E-state index contributed by atoms with van der Waals surface area (Å²) < 4.78 is 4.98. The highest BCUT2D eigenvalue weighted by Crippen LogP contribution is 2.61. The first-order chi connectivity index (χ1) is 28.6. The molecular formula is C55H40N2O. The molecule has 0 saturated carbocycles. The van der Waals surface area contributed by atoms with Crippen molar-refractivity contribution in [2.24, 2.45) is 5.92 Å². The summed E-state index contributed by atoms with van der Waals surface area (Å²) in [5.74, 6) is 0.461. The van der Waals surface area contributed by atoms with E-state index in [0.717, 1.165) is 24.0 Å². The van der Waals surface area contributed by atoms with Crippen LogP contribution in [-0.4, -0.2) is 14.2 Å². The molecule has 58 heavy (non-hydrogen) atoms. The second-order valence-electron chi connectivity index (χ2n) is 16.9. The number of aliphatic hydroxyl groups is 1. The maximum atomic E-state index is 12.8. The van der Waals surface area contributed by atoms with E-state index in [9.17, 15) is 5.11 Å². The normalized spacial score (nSPS) is 21.5. The van der Waals surface area contributed by atoms with Gasteiger partial charge in [-0.2, -0.15) is 0 Å². The smallest absolute Gasteiger partial charge is 0.105 e. The second-order valence-corrected chi connectivity index (χ2v) is 16.9. The Bertz CT molecular complexity index is 3460. The van der Waals surface area contributed by atoms with E-state index in [2.05, 4.69) is 192 Å². The molecule has 4 unspecified atom stereocenters. The number of para-hydroxylation sites is 3. The molecule has 1 spiro atoms. The van der Waals surface area contributed by atoms with Gasteiger partial charge >= 0.3 is 0 Å². The van der Waals surface area contributed by atoms with E-state index in [-0.39, 0.29) is 5.92 Å². The number of aliphatic hydroxyl groups excluding tert-OH is 1. The Morgan fingerprint density at radius 3 is 2.21 bits per heavy atom. The molecule has 1 N–H and O–H groups in total. The summed E-state index contributed by atoms with van der Waals surface area (Å²) in [6, 6.07) is 55.7. The maximum Gasteiger partial charge on any atom is 0.105 e. The molecule has 3 heteroatoms. The molecule has 0 saturated heterocycles. The number of aromatic nitrogens is 2. The summed E-state index contributed by atoms with van der Waals surface area (Å²) in [6.07, 6.45) is 10.7. The van der Waals surface area contributed by atoms with E-state index < -0.39 is 11.5 Å². The van der Waals surface area contributed by atoms with Crippen LogP contribution in [0.3, 0.4) is 0 Å². The predicted molar refractivity (Wildman–Crippen MR) is 239 cm³/mol. The van der Waals surface area contributed by atoms with Crippen molar-refractivity contribution in [3.63, 3.8) is 0 Å². The van der Waals surface area contributed by atoms with Gasteiger partial charge in [-0.25, -0.2) is 0 Å². The van der Waals surface area contributed by atoms with Crippen molar-refractivity contribution in [1.29, 1.82) is 0 Å². The van der Waals surface area contributed by atoms with Crippen LogP contribution >= 0.6 is 0 Å². The van der Waals surface area contributed by atoms with Crippen molar-refractivity contribution in [3.05, 3.63) is 213 Å². The third kappa shape index (κ3) is 4.06. The van der Waals surface area contributed by atoms with Crippen LogP contribution in [0, 0.1) is 5.92 Å². The van der Waals surface area contributed by atoms with E-state index in [1.807, 2.05) is 0 Å². The molecule has 276 valence electrons. The maximum absolute atomic E-state index is 12.8. The molecule has 1 aliphatic heterocycles. The summed E-state index contributed by atoms with van der Waals surface area (Å²) in [6.45, 7) is 2.34. The molecule has 4 atom stereocenters. The number of allylic oxidation sites excluding steroid dienone is 4. The number of benzene rings is 7. The number of fused-ring (bicyclic) bond motifs is 14. The molecule has 4 aliphatic rings. The van der Waals surface area contributed by atoms with Crippen LogP contribution in [0.25, 0.3) is 67.0 Å². The van der Waals surface area contributed by atoms with Gasteiger partial charge in [-0.05, 0) is 98.8 Å². The van der Waals surface area contributed by atoms with Crippen molar-refractivity contribution in [3.8, 4) is 5.69 Å². The summed E-state index contributed by atoms with van der Waals surface area (Å²) >= 11 is 0. The Morgan fingerprint density at radius 2 is 1.31 bits per heavy atom. The number of nitrogens with zero attached hydrogens (tertiary/aromatic N) is 2. The van der Waals surface area contributed by atoms with Crippen molar-refractivity contribution >= 4 is 61.3 Å². The average Bonchev–Trinajstić information content (AvgIpc) is 3.79. The highest BCUT2D eigenvalue weighted by molar-refractivity contribution is 6.13. The summed E-state index contributed by atoms with van der Waals surface area (Å²) in [4.78, 5) is 0. The number of hydrogen-bond donors (Lipinski definition) is 1. The third-order valence-corrected chi connectivity index (χ3v) is 14.0. The van der Waals surface area contributed by atoms with Gasteiger partial charge in [0.05, 0.1) is 22.0 Å². The Balaban J connectivity index is 1.09. The lowest BCUT2D eigenvalue weighted by molar-refractivity contribution is 0.210. The highest BCUT2D eigenvalue weighted by atomic mass is 16.3. The van der Waals surface area contributed by atoms with Crippen LogP contribution < -0.4 is 10.6 Å². The van der Waals surface area contributed by atoms with Crippen molar-refractivity contribution < 1.29 is 5.11 Å². The third-order valence-electron chi connectivity index (χ3n) is 14.0. The molecule has 0 radical (unpaired) electrons. The fourth-order valence-electron chi connectivity index (χ4n) is 11.7. The van der Waals surface area contributed by atoms with Crippen LogP contribution in [0.5, 0.6) is 0 Å². The molecule has 2 aromatic heterocycles. The van der Waals surface area contributed by atoms with Gasteiger partial charge in [0.1, 0.15) is 6.10 Å². The zero-order chi connectivity index (χ0) is 38.3. The van der Waals surface area contributed by atoms with E-state index in [0.29, 0.717) is 5.92 Å². The monoisotopic (exact) mass is 744 g/mol. The minimum atomic E-state index is -0.755. The average molecular weight is 745 g/mol. The summed E-state index contributed by atoms with van der Waals surface area (Å²) in [5, 5.41) is 21.6. The molecule has 3 heterocycles. The molecule has 13 rings (SSSR count). The Kier molecular flexibility index (Phi) is 6.53. The molecule has 0 fully saturated rings. The van der Waals surface area contributed by atoms with Gasteiger partial charge in [0.2, 0.25) is 0 Å². The molecule has 9 aromatic rings. The molecular weight excluding hydrogens is 705 g/mol. The van der Waals surface area contributed by atoms with Crippen LogP contribution in [-0.2, 0) is 5.41 Å². The van der Waals surface area contributed by atoms with Gasteiger partial charge in [-0.1, -0.05) is 153 Å². The van der Waals surface area contributed by atoms with Gasteiger partial charge < -0.3 is 14.2 Å². The topological polar surface area (TPSA) is 30.1 Å². The van der Waals surface area contributed by atoms with Gasteiger partial charge in [0.25, 0.3) is 0 Å². The van der Waals surface area contributed by atoms with Crippen LogP contribution in [0.4, 0.5) is 0 Å². The van der Waals surface area contributed by atoms with Gasteiger partial charge in [-0.15, -0.1) is 0 Å². The first-order valence-electron chi connectivity index (χ1n) is 20.8. The summed E-state index contributed by atoms with van der Waals surface area (Å²) in [7, 11) is 0. The second kappa shape index (κ2) is 11.7. The zero-order valence-electron chi connectivity index (χ0n) is 32.2. The quantitative estimate of drug-likeness (QED) is 0.188. The van der Waals surface area contributed by atoms with Crippen LogP contribution in [0.1, 0.15) is 65.2 Å². The first-order valence-corrected chi connectivity index (χ1v) is 20.8. The fourth-order valence-corrected chi connectivity index (χ4v) is 11.7. The Labute approximate surface area is 336 Å². The van der Waals surface area contributed by atoms with Crippen LogP contribution in [0.2, 0.25) is 0 Å². The van der Waals surface area contributed by atoms with E-state index in [4.69, 9.17) is 0 Å². The van der Waals surface area contributed by atoms with Crippen molar-refractivity contribution in [1.82, 2.24) is 9.13 Å². The highest BCUT2D eigenvalue weighted by Gasteiger charge is 2.52. The Morgan fingerprint density at radius 1 is 0.621 bits per heavy atom. The lowest BCUT2D eigenvalue weighted by atomic mass is 9.55. The minimum absolute atomic E-state index is 0.0831. The predicted octanol–water partition coefficient (Wildman–Crippen LogP) is 11.2. The fraction of sp³-hybridized carbons (Fsp3) is 0.127. The lowest BCUT2D eigenvalue weighted by Gasteiger charge is -2.49. The number of rotatable bonds is 2. The van der Waals surface area contributed by atoms with Crippen LogP contribution in [0.15, 0.2) is 169 Å². The molecule has 0 amide bonds. The largest absolute Gasteiger partial charge is 0.384 e. The van der Waals surface area contributed by atoms with Crippen molar-refractivity contribution in [2.75, 3.05) is 0 Å². The van der Waals surface area contributed by atoms with E-state index >= 15 is 0 Å². The van der Waals surface area contributed by atoms with Gasteiger partial charge in [-0.3, -0.25) is 0 Å². The Hall–Kier alpha value is -6.68. The lowest BCUT2D eigenvalue weighted by Crippen LogP contribution is -2.42. The zero-order valence-corrected chi connectivity index (χ0v) is 32.2. The number of hydrogen-bond acceptors (Lipinski definition) is 1. The summed E-state index contributed by atoms with van der Waals surface area (Å²) in [5.41, 5.74) is 14.0.